The van der Waals surface area contributed by atoms with Crippen LogP contribution in [-0.4, -0.2) is 54.3 Å². The van der Waals surface area contributed by atoms with Crippen molar-refractivity contribution in [1.29, 1.82) is 0 Å². The molecule has 0 aliphatic carbocycles. The minimum Gasteiger partial charge on any atom is -0.370 e. The first-order valence-corrected chi connectivity index (χ1v) is 3.36. The molecule has 4 heteroatoms. The fourth-order valence-corrected chi connectivity index (χ4v) is 0.991. The molecule has 0 aromatic rings. The summed E-state index contributed by atoms with van der Waals surface area (Å²) in [6.45, 7) is 2.04. The lowest BCUT2D eigenvalue weighted by molar-refractivity contribution is -0.167. The monoisotopic (exact) mass is 147 g/mol. The van der Waals surface area contributed by atoms with E-state index in [-0.39, 0.29) is 0 Å². The van der Waals surface area contributed by atoms with Crippen molar-refractivity contribution in [3.8, 4) is 0 Å². The number of morpholine rings is 1. The molecule has 0 radical (unpaired) electrons. The van der Waals surface area contributed by atoms with Crippen LogP contribution < -0.4 is 0 Å². The van der Waals surface area contributed by atoms with Gasteiger partial charge in [-0.1, -0.05) is 0 Å². The number of ether oxygens (including phenoxy) is 1. The maximum absolute atomic E-state index is 8.70. The Kier molecular flexibility index (Phi) is 2.62. The number of aliphatic hydroxyl groups excluding tert-OH is 1. The van der Waals surface area contributed by atoms with Gasteiger partial charge in [0, 0.05) is 13.1 Å². The second-order valence-corrected chi connectivity index (χ2v) is 2.59. The normalized spacial score (nSPS) is 29.4. The molecule has 1 rings (SSSR count). The van der Waals surface area contributed by atoms with Crippen molar-refractivity contribution in [2.24, 2.45) is 0 Å². The van der Waals surface area contributed by atoms with E-state index < -0.39 is 12.4 Å². The maximum atomic E-state index is 8.70. The third-order valence-corrected chi connectivity index (χ3v) is 1.63. The van der Waals surface area contributed by atoms with Crippen LogP contribution in [0.25, 0.3) is 0 Å². The van der Waals surface area contributed by atoms with Gasteiger partial charge in [-0.15, -0.1) is 0 Å². The molecule has 1 fully saturated rings. The van der Waals surface area contributed by atoms with Crippen LogP contribution in [0.4, 0.5) is 0 Å². The first-order valence-electron chi connectivity index (χ1n) is 3.36. The first-order chi connectivity index (χ1) is 4.70. The van der Waals surface area contributed by atoms with E-state index in [1.54, 1.807) is 0 Å². The Labute approximate surface area is 60.0 Å². The van der Waals surface area contributed by atoms with Gasteiger partial charge >= 0.3 is 0 Å². The highest BCUT2D eigenvalue weighted by molar-refractivity contribution is 4.69. The van der Waals surface area contributed by atoms with Gasteiger partial charge in [0.05, 0.1) is 6.61 Å². The average Bonchev–Trinajstić information content (AvgIpc) is 1.88. The van der Waals surface area contributed by atoms with Gasteiger partial charge in [0.25, 0.3) is 0 Å². The third kappa shape index (κ3) is 1.91. The molecule has 1 saturated heterocycles. The Bertz CT molecular complexity index is 107. The van der Waals surface area contributed by atoms with Crippen molar-refractivity contribution < 1.29 is 14.9 Å². The van der Waals surface area contributed by atoms with E-state index in [1.807, 2.05) is 11.9 Å². The lowest BCUT2D eigenvalue weighted by Crippen LogP contribution is -2.45. The molecule has 1 aliphatic rings. The van der Waals surface area contributed by atoms with Crippen molar-refractivity contribution in [2.75, 3.05) is 26.7 Å². The summed E-state index contributed by atoms with van der Waals surface area (Å²) in [4.78, 5) is 2.01. The van der Waals surface area contributed by atoms with E-state index in [0.29, 0.717) is 13.2 Å². The minimum atomic E-state index is -1.34. The molecule has 1 aliphatic heterocycles. The Balaban J connectivity index is 2.32. The van der Waals surface area contributed by atoms with Crippen LogP contribution in [0.3, 0.4) is 0 Å². The summed E-state index contributed by atoms with van der Waals surface area (Å²) in [6, 6.07) is 0. The topological polar surface area (TPSA) is 52.9 Å². The van der Waals surface area contributed by atoms with E-state index in [9.17, 15) is 0 Å². The van der Waals surface area contributed by atoms with E-state index in [4.69, 9.17) is 14.9 Å². The van der Waals surface area contributed by atoms with Crippen LogP contribution in [-0.2, 0) is 4.74 Å². The highest BCUT2D eigenvalue weighted by Gasteiger charge is 2.22. The molecule has 0 saturated carbocycles. The van der Waals surface area contributed by atoms with Gasteiger partial charge in [-0.05, 0) is 7.05 Å². The largest absolute Gasteiger partial charge is 0.370 e. The molecule has 4 nitrogen and oxygen atoms in total. The van der Waals surface area contributed by atoms with E-state index in [0.717, 1.165) is 6.54 Å². The lowest BCUT2D eigenvalue weighted by atomic mass is 10.3. The second kappa shape index (κ2) is 3.30. The quantitative estimate of drug-likeness (QED) is 0.449. The van der Waals surface area contributed by atoms with E-state index in [2.05, 4.69) is 0 Å². The van der Waals surface area contributed by atoms with Gasteiger partial charge in [-0.2, -0.15) is 0 Å². The van der Waals surface area contributed by atoms with Crippen molar-refractivity contribution in [2.45, 2.75) is 12.4 Å². The summed E-state index contributed by atoms with van der Waals surface area (Å²) in [7, 11) is 1.93. The second-order valence-electron chi connectivity index (χ2n) is 2.59. The van der Waals surface area contributed by atoms with Crippen LogP contribution in [0.5, 0.6) is 0 Å². The van der Waals surface area contributed by atoms with Crippen LogP contribution >= 0.6 is 0 Å². The molecular formula is C6H13NO3. The predicted octanol–water partition coefficient (Wildman–Crippen LogP) is -1.37. The zero-order valence-electron chi connectivity index (χ0n) is 6.03. The molecule has 1 heterocycles. The van der Waals surface area contributed by atoms with Gasteiger partial charge in [0.15, 0.2) is 6.29 Å². The Morgan fingerprint density at radius 2 is 2.30 bits per heavy atom. The van der Waals surface area contributed by atoms with Crippen LogP contribution in [0, 0.1) is 0 Å². The maximum Gasteiger partial charge on any atom is 0.179 e. The van der Waals surface area contributed by atoms with Crippen LogP contribution in [0.2, 0.25) is 0 Å². The summed E-state index contributed by atoms with van der Waals surface area (Å²) in [5, 5.41) is 17.4. The minimum absolute atomic E-state index is 0.432. The van der Waals surface area contributed by atoms with Gasteiger partial charge in [-0.3, -0.25) is 0 Å². The van der Waals surface area contributed by atoms with Crippen LogP contribution in [0.1, 0.15) is 0 Å². The smallest absolute Gasteiger partial charge is 0.179 e. The average molecular weight is 147 g/mol. The molecule has 1 atom stereocenters. The highest BCUT2D eigenvalue weighted by Crippen LogP contribution is 2.04. The summed E-state index contributed by atoms with van der Waals surface area (Å²) in [5.41, 5.74) is 0. The molecule has 60 valence electrons. The molecule has 0 aromatic carbocycles. The Morgan fingerprint density at radius 1 is 1.60 bits per heavy atom. The highest BCUT2D eigenvalue weighted by atomic mass is 16.6. The molecule has 0 spiro atoms. The standard InChI is InChI=1S/C6H13NO3/c1-7-2-3-10-5(4-7)6(8)9/h5-6,8-9H,2-4H2,1H3. The van der Waals surface area contributed by atoms with E-state index >= 15 is 0 Å². The predicted molar refractivity (Wildman–Crippen MR) is 35.5 cm³/mol. The number of rotatable bonds is 1. The zero-order valence-corrected chi connectivity index (χ0v) is 6.03. The molecule has 0 bridgehead atoms. The Morgan fingerprint density at radius 3 is 2.70 bits per heavy atom. The fourth-order valence-electron chi connectivity index (χ4n) is 0.991. The first kappa shape index (κ1) is 7.94. The summed E-state index contributed by atoms with van der Waals surface area (Å²) < 4.78 is 5.07. The van der Waals surface area contributed by atoms with Crippen LogP contribution in [0.15, 0.2) is 0 Å². The number of aliphatic hydroxyl groups is 2. The fraction of sp³-hybridized carbons (Fsp3) is 1.00. The number of likely N-dealkylation sites (N-methyl/N-ethyl adjacent to an activating group) is 1. The zero-order chi connectivity index (χ0) is 7.56. The van der Waals surface area contributed by atoms with Gasteiger partial charge in [0.1, 0.15) is 6.10 Å². The van der Waals surface area contributed by atoms with E-state index in [1.165, 1.54) is 0 Å². The van der Waals surface area contributed by atoms with Crippen molar-refractivity contribution in [3.63, 3.8) is 0 Å². The summed E-state index contributed by atoms with van der Waals surface area (Å²) in [6.07, 6.45) is -1.78. The lowest BCUT2D eigenvalue weighted by Gasteiger charge is -2.30. The van der Waals surface area contributed by atoms with Gasteiger partial charge in [0.2, 0.25) is 0 Å². The van der Waals surface area contributed by atoms with Crippen molar-refractivity contribution >= 4 is 0 Å². The summed E-state index contributed by atoms with van der Waals surface area (Å²) in [5.74, 6) is 0. The molecule has 0 amide bonds. The molecule has 0 aromatic heterocycles. The van der Waals surface area contributed by atoms with Gasteiger partial charge in [-0.25, -0.2) is 0 Å². The molecule has 10 heavy (non-hydrogen) atoms. The Hall–Kier alpha value is -0.160. The number of hydrogen-bond acceptors (Lipinski definition) is 4. The van der Waals surface area contributed by atoms with Crippen molar-refractivity contribution in [3.05, 3.63) is 0 Å². The number of nitrogens with zero attached hydrogens (tertiary/aromatic N) is 1. The van der Waals surface area contributed by atoms with Crippen molar-refractivity contribution in [1.82, 2.24) is 4.90 Å². The molecule has 2 N–H and O–H groups in total. The van der Waals surface area contributed by atoms with Gasteiger partial charge < -0.3 is 19.8 Å². The molecule has 1 unspecified atom stereocenters. The molecular weight excluding hydrogens is 134 g/mol. The SMILES string of the molecule is CN1CCOC(C(O)O)C1. The third-order valence-electron chi connectivity index (χ3n) is 1.63. The summed E-state index contributed by atoms with van der Waals surface area (Å²) >= 11 is 0. The number of hydrogen-bond donors (Lipinski definition) is 2.